The fourth-order valence-corrected chi connectivity index (χ4v) is 5.86. The highest BCUT2D eigenvalue weighted by Crippen LogP contribution is 2.40. The van der Waals surface area contributed by atoms with Gasteiger partial charge in [0.15, 0.2) is 0 Å². The zero-order valence-electron chi connectivity index (χ0n) is 20.1. The van der Waals surface area contributed by atoms with E-state index in [4.69, 9.17) is 10.1 Å². The Balaban J connectivity index is 1.20. The fourth-order valence-electron chi connectivity index (χ4n) is 5.86. The first-order valence-corrected chi connectivity index (χ1v) is 12.5. The van der Waals surface area contributed by atoms with Crippen LogP contribution in [0.15, 0.2) is 36.7 Å². The third-order valence-electron chi connectivity index (χ3n) is 7.64. The van der Waals surface area contributed by atoms with Crippen molar-refractivity contribution in [2.24, 2.45) is 11.8 Å². The van der Waals surface area contributed by atoms with Gasteiger partial charge in [-0.1, -0.05) is 0 Å². The summed E-state index contributed by atoms with van der Waals surface area (Å²) in [5.74, 6) is 3.19. The second-order valence-corrected chi connectivity index (χ2v) is 10.1. The molecule has 0 amide bonds. The van der Waals surface area contributed by atoms with Crippen LogP contribution in [-0.4, -0.2) is 50.4 Å². The van der Waals surface area contributed by atoms with Crippen LogP contribution in [0.25, 0.3) is 0 Å². The lowest BCUT2D eigenvalue weighted by Gasteiger charge is -2.38. The Morgan fingerprint density at radius 1 is 0.972 bits per heavy atom. The second-order valence-electron chi connectivity index (χ2n) is 10.1. The molecule has 1 N–H and O–H groups in total. The Morgan fingerprint density at radius 3 is 2.39 bits per heavy atom. The van der Waals surface area contributed by atoms with Gasteiger partial charge >= 0.3 is 6.18 Å². The number of hydrogen-bond donors (Lipinski definition) is 1. The van der Waals surface area contributed by atoms with Gasteiger partial charge < -0.3 is 15.1 Å². The molecule has 3 atom stereocenters. The predicted molar refractivity (Wildman–Crippen MR) is 130 cm³/mol. The topological polar surface area (TPSA) is 75.0 Å². The number of halogens is 3. The Kier molecular flexibility index (Phi) is 5.72. The Morgan fingerprint density at radius 2 is 1.69 bits per heavy atom. The van der Waals surface area contributed by atoms with Crippen LogP contribution >= 0.6 is 0 Å². The minimum atomic E-state index is -4.35. The summed E-state index contributed by atoms with van der Waals surface area (Å²) in [6, 6.07) is 7.62. The molecule has 3 aliphatic rings. The van der Waals surface area contributed by atoms with Crippen LogP contribution in [0, 0.1) is 18.8 Å². The number of alkyl halides is 3. The van der Waals surface area contributed by atoms with Crippen LogP contribution in [0.5, 0.6) is 0 Å². The van der Waals surface area contributed by atoms with Crippen LogP contribution in [-0.2, 0) is 12.7 Å². The molecule has 8 nitrogen and oxygen atoms in total. The summed E-state index contributed by atoms with van der Waals surface area (Å²) in [6.45, 7) is 5.26. The van der Waals surface area contributed by atoms with Crippen molar-refractivity contribution in [3.05, 3.63) is 47.9 Å². The molecule has 1 aromatic carbocycles. The minimum absolute atomic E-state index is 0.287. The van der Waals surface area contributed by atoms with Gasteiger partial charge in [0, 0.05) is 49.7 Å². The Bertz CT molecular complexity index is 1210. The van der Waals surface area contributed by atoms with E-state index < -0.39 is 11.7 Å². The van der Waals surface area contributed by atoms with Crippen molar-refractivity contribution in [2.75, 3.05) is 34.8 Å². The molecule has 3 aromatic rings. The SMILES string of the molecule is Cc1cc(N2C[C@H]3CC[C@@H](C2)C3Nc2nc3n(n2)CCCCN3c2ccc(C(F)(F)F)cc2)ncn1. The Labute approximate surface area is 207 Å². The monoisotopic (exact) mass is 498 g/mol. The molecule has 1 saturated heterocycles. The van der Waals surface area contributed by atoms with Gasteiger partial charge in [-0.3, -0.25) is 0 Å². The summed E-state index contributed by atoms with van der Waals surface area (Å²) < 4.78 is 41.0. The third kappa shape index (κ3) is 4.35. The number of piperidine rings is 1. The van der Waals surface area contributed by atoms with Gasteiger partial charge in [0.25, 0.3) is 0 Å². The van der Waals surface area contributed by atoms with E-state index in [-0.39, 0.29) is 6.04 Å². The summed E-state index contributed by atoms with van der Waals surface area (Å²) in [5.41, 5.74) is 1.01. The van der Waals surface area contributed by atoms with Crippen molar-refractivity contribution < 1.29 is 13.2 Å². The minimum Gasteiger partial charge on any atom is -0.356 e. The molecule has 2 bridgehead atoms. The number of rotatable bonds is 4. The van der Waals surface area contributed by atoms with Crippen molar-refractivity contribution >= 4 is 23.4 Å². The van der Waals surface area contributed by atoms with E-state index in [1.54, 1.807) is 6.33 Å². The first kappa shape index (κ1) is 23.1. The van der Waals surface area contributed by atoms with E-state index in [9.17, 15) is 13.2 Å². The molecule has 4 heterocycles. The lowest BCUT2D eigenvalue weighted by molar-refractivity contribution is -0.137. The van der Waals surface area contributed by atoms with Crippen LogP contribution in [0.2, 0.25) is 0 Å². The molecular formula is C25H29F3N8. The number of aromatic nitrogens is 5. The smallest absolute Gasteiger partial charge is 0.356 e. The largest absolute Gasteiger partial charge is 0.416 e. The number of nitrogens with zero attached hydrogens (tertiary/aromatic N) is 7. The zero-order chi connectivity index (χ0) is 24.9. The van der Waals surface area contributed by atoms with E-state index in [0.29, 0.717) is 36.0 Å². The summed E-state index contributed by atoms with van der Waals surface area (Å²) in [7, 11) is 0. The van der Waals surface area contributed by atoms with E-state index >= 15 is 0 Å². The molecule has 6 rings (SSSR count). The number of hydrogen-bond acceptors (Lipinski definition) is 7. The molecule has 190 valence electrons. The van der Waals surface area contributed by atoms with E-state index in [1.807, 2.05) is 22.6 Å². The number of benzene rings is 1. The molecular weight excluding hydrogens is 469 g/mol. The van der Waals surface area contributed by atoms with E-state index in [1.165, 1.54) is 12.1 Å². The van der Waals surface area contributed by atoms with E-state index in [0.717, 1.165) is 69.0 Å². The molecule has 0 radical (unpaired) electrons. The van der Waals surface area contributed by atoms with Gasteiger partial charge in [0.05, 0.1) is 5.56 Å². The first-order chi connectivity index (χ1) is 17.3. The number of anilines is 4. The number of aryl methyl sites for hydroxylation is 2. The highest BCUT2D eigenvalue weighted by Gasteiger charge is 2.43. The van der Waals surface area contributed by atoms with E-state index in [2.05, 4.69) is 20.2 Å². The third-order valence-corrected chi connectivity index (χ3v) is 7.64. The summed E-state index contributed by atoms with van der Waals surface area (Å²) in [5, 5.41) is 8.39. The molecule has 1 unspecified atom stereocenters. The van der Waals surface area contributed by atoms with Crippen LogP contribution in [0.4, 0.5) is 36.6 Å². The van der Waals surface area contributed by atoms with Crippen molar-refractivity contribution in [3.63, 3.8) is 0 Å². The van der Waals surface area contributed by atoms with Crippen LogP contribution < -0.4 is 15.1 Å². The maximum Gasteiger partial charge on any atom is 0.416 e. The molecule has 2 fully saturated rings. The van der Waals surface area contributed by atoms with Crippen molar-refractivity contribution in [3.8, 4) is 0 Å². The quantitative estimate of drug-likeness (QED) is 0.561. The van der Waals surface area contributed by atoms with Crippen molar-refractivity contribution in [1.82, 2.24) is 24.7 Å². The van der Waals surface area contributed by atoms with Crippen LogP contribution in [0.3, 0.4) is 0 Å². The van der Waals surface area contributed by atoms with Gasteiger partial charge in [-0.05, 0) is 68.7 Å². The normalized spacial score (nSPS) is 23.9. The predicted octanol–water partition coefficient (Wildman–Crippen LogP) is 4.65. The maximum atomic E-state index is 13.0. The maximum absolute atomic E-state index is 13.0. The van der Waals surface area contributed by atoms with Gasteiger partial charge in [-0.15, -0.1) is 5.10 Å². The lowest BCUT2D eigenvalue weighted by Crippen LogP contribution is -2.48. The molecule has 1 aliphatic carbocycles. The van der Waals surface area contributed by atoms with Crippen molar-refractivity contribution in [2.45, 2.75) is 51.4 Å². The average Bonchev–Trinajstić information content (AvgIpc) is 3.25. The summed E-state index contributed by atoms with van der Waals surface area (Å²) in [4.78, 5) is 17.9. The molecule has 1 saturated carbocycles. The van der Waals surface area contributed by atoms with Gasteiger partial charge in [-0.25, -0.2) is 14.6 Å². The number of fused-ring (bicyclic) bond motifs is 3. The fraction of sp³-hybridized carbons (Fsp3) is 0.520. The average molecular weight is 499 g/mol. The summed E-state index contributed by atoms with van der Waals surface area (Å²) >= 11 is 0. The summed E-state index contributed by atoms with van der Waals surface area (Å²) in [6.07, 6.45) is 1.42. The van der Waals surface area contributed by atoms with Gasteiger partial charge in [0.1, 0.15) is 12.1 Å². The lowest BCUT2D eigenvalue weighted by atomic mass is 9.92. The first-order valence-electron chi connectivity index (χ1n) is 12.5. The highest BCUT2D eigenvalue weighted by atomic mass is 19.4. The zero-order valence-corrected chi connectivity index (χ0v) is 20.1. The highest BCUT2D eigenvalue weighted by molar-refractivity contribution is 5.59. The molecule has 2 aliphatic heterocycles. The number of nitrogens with one attached hydrogen (secondary N) is 1. The second kappa shape index (κ2) is 8.94. The van der Waals surface area contributed by atoms with Crippen LogP contribution in [0.1, 0.15) is 36.9 Å². The Hall–Kier alpha value is -3.37. The molecule has 2 aromatic heterocycles. The van der Waals surface area contributed by atoms with Crippen molar-refractivity contribution in [1.29, 1.82) is 0 Å². The van der Waals surface area contributed by atoms with Gasteiger partial charge in [0.2, 0.25) is 11.9 Å². The molecule has 36 heavy (non-hydrogen) atoms. The molecule has 0 spiro atoms. The van der Waals surface area contributed by atoms with Gasteiger partial charge in [-0.2, -0.15) is 18.2 Å². The standard InChI is InChI=1S/C25H29F3N8/c1-16-12-21(30-15-29-16)34-13-17-4-5-18(14-34)22(17)31-23-32-24-35(10-2-3-11-36(24)33-23)20-8-6-19(7-9-20)25(26,27)28/h6-9,12,15,17-18,22H,2-5,10-11,13-14H2,1H3,(H,31,33)/t17-,18+,22?. The molecule has 11 heteroatoms.